The van der Waals surface area contributed by atoms with E-state index in [1.54, 1.807) is 4.52 Å². The SMILES string of the molecule is Cc1cc(C)n2nc(SCC(=O)Nc3sc4c(c3C(N)=O)CCC4)nc2n1. The third kappa shape index (κ3) is 3.42. The Hall–Kier alpha value is -2.46. The maximum Gasteiger partial charge on any atom is 0.253 e. The number of primary amides is 1. The van der Waals surface area contributed by atoms with Gasteiger partial charge in [0.15, 0.2) is 0 Å². The van der Waals surface area contributed by atoms with Crippen molar-refractivity contribution in [3.8, 4) is 0 Å². The van der Waals surface area contributed by atoms with Crippen LogP contribution in [-0.2, 0) is 17.6 Å². The number of aromatic nitrogens is 4. The van der Waals surface area contributed by atoms with Crippen LogP contribution in [0.1, 0.15) is 38.6 Å². The minimum Gasteiger partial charge on any atom is -0.365 e. The fourth-order valence-corrected chi connectivity index (χ4v) is 5.18. The molecule has 0 saturated heterocycles. The molecule has 0 unspecified atom stereocenters. The molecule has 0 aromatic carbocycles. The molecule has 0 saturated carbocycles. The predicted molar refractivity (Wildman–Crippen MR) is 104 cm³/mol. The number of anilines is 1. The molecule has 3 heterocycles. The van der Waals surface area contributed by atoms with Gasteiger partial charge in [0.05, 0.1) is 11.3 Å². The topological polar surface area (TPSA) is 115 Å². The number of rotatable bonds is 5. The van der Waals surface area contributed by atoms with Gasteiger partial charge in [-0.05, 0) is 44.7 Å². The van der Waals surface area contributed by atoms with Gasteiger partial charge in [-0.2, -0.15) is 4.98 Å². The van der Waals surface area contributed by atoms with Crippen molar-refractivity contribution in [3.63, 3.8) is 0 Å². The van der Waals surface area contributed by atoms with E-state index in [9.17, 15) is 9.59 Å². The fraction of sp³-hybridized carbons (Fsp3) is 0.353. The summed E-state index contributed by atoms with van der Waals surface area (Å²) in [6.45, 7) is 3.83. The summed E-state index contributed by atoms with van der Waals surface area (Å²) >= 11 is 2.67. The number of aryl methyl sites for hydroxylation is 3. The van der Waals surface area contributed by atoms with Crippen LogP contribution in [0.25, 0.3) is 5.78 Å². The maximum atomic E-state index is 12.4. The van der Waals surface area contributed by atoms with Crippen LogP contribution in [0.2, 0.25) is 0 Å². The third-order valence-corrected chi connectivity index (χ3v) is 6.40. The van der Waals surface area contributed by atoms with E-state index in [1.807, 2.05) is 19.9 Å². The Kier molecular flexibility index (Phi) is 4.60. The Balaban J connectivity index is 1.46. The van der Waals surface area contributed by atoms with Crippen LogP contribution < -0.4 is 11.1 Å². The lowest BCUT2D eigenvalue weighted by molar-refractivity contribution is -0.113. The number of nitrogens with two attached hydrogens (primary N) is 1. The van der Waals surface area contributed by atoms with Crippen LogP contribution in [-0.4, -0.2) is 37.1 Å². The molecular formula is C17H18N6O2S2. The zero-order chi connectivity index (χ0) is 19.1. The third-order valence-electron chi connectivity index (χ3n) is 4.35. The van der Waals surface area contributed by atoms with Crippen molar-refractivity contribution in [2.24, 2.45) is 5.73 Å². The first-order valence-electron chi connectivity index (χ1n) is 8.50. The molecule has 10 heteroatoms. The van der Waals surface area contributed by atoms with Crippen molar-refractivity contribution in [1.82, 2.24) is 19.6 Å². The van der Waals surface area contributed by atoms with Crippen molar-refractivity contribution in [1.29, 1.82) is 0 Å². The molecule has 27 heavy (non-hydrogen) atoms. The molecule has 1 aliphatic rings. The van der Waals surface area contributed by atoms with Gasteiger partial charge in [-0.3, -0.25) is 9.59 Å². The van der Waals surface area contributed by atoms with E-state index in [0.717, 1.165) is 41.1 Å². The second-order valence-electron chi connectivity index (χ2n) is 6.41. The number of carbonyl (C=O) groups excluding carboxylic acids is 2. The van der Waals surface area contributed by atoms with E-state index in [-0.39, 0.29) is 11.7 Å². The Morgan fingerprint density at radius 3 is 2.93 bits per heavy atom. The van der Waals surface area contributed by atoms with Crippen molar-refractivity contribution in [2.45, 2.75) is 38.3 Å². The largest absolute Gasteiger partial charge is 0.365 e. The highest BCUT2D eigenvalue weighted by Gasteiger charge is 2.26. The molecule has 2 amide bonds. The van der Waals surface area contributed by atoms with Gasteiger partial charge in [0.25, 0.3) is 11.7 Å². The molecule has 0 atom stereocenters. The molecule has 0 spiro atoms. The molecule has 8 nitrogen and oxygen atoms in total. The first-order chi connectivity index (χ1) is 12.9. The van der Waals surface area contributed by atoms with E-state index in [2.05, 4.69) is 20.4 Å². The zero-order valence-electron chi connectivity index (χ0n) is 14.9. The Morgan fingerprint density at radius 2 is 2.15 bits per heavy atom. The van der Waals surface area contributed by atoms with Gasteiger partial charge in [-0.25, -0.2) is 9.50 Å². The molecule has 3 aromatic heterocycles. The lowest BCUT2D eigenvalue weighted by Gasteiger charge is -2.05. The van der Waals surface area contributed by atoms with Crippen LogP contribution in [0.3, 0.4) is 0 Å². The molecule has 3 N–H and O–H groups in total. The number of hydrogen-bond donors (Lipinski definition) is 2. The van der Waals surface area contributed by atoms with Crippen molar-refractivity contribution >= 4 is 45.7 Å². The highest BCUT2D eigenvalue weighted by atomic mass is 32.2. The number of fused-ring (bicyclic) bond motifs is 2. The van der Waals surface area contributed by atoms with E-state index in [0.29, 0.717) is 21.5 Å². The number of thiophene rings is 1. The summed E-state index contributed by atoms with van der Waals surface area (Å²) < 4.78 is 1.66. The molecule has 0 radical (unpaired) electrons. The summed E-state index contributed by atoms with van der Waals surface area (Å²) in [4.78, 5) is 34.0. The second-order valence-corrected chi connectivity index (χ2v) is 8.46. The molecular weight excluding hydrogens is 384 g/mol. The lowest BCUT2D eigenvalue weighted by Crippen LogP contribution is -2.19. The van der Waals surface area contributed by atoms with E-state index >= 15 is 0 Å². The standard InChI is InChI=1S/C17H18N6O2S2/c1-8-6-9(2)23-16(19-8)21-17(22-23)26-7-12(24)20-15-13(14(18)25)10-4-3-5-11(10)27-15/h6H,3-5,7H2,1-2H3,(H2,18,25)(H,20,24). The normalized spacial score (nSPS) is 13.1. The smallest absolute Gasteiger partial charge is 0.253 e. The van der Waals surface area contributed by atoms with E-state index < -0.39 is 5.91 Å². The molecule has 1 aliphatic carbocycles. The van der Waals surface area contributed by atoms with Crippen LogP contribution in [0, 0.1) is 13.8 Å². The van der Waals surface area contributed by atoms with Gasteiger partial charge in [0.1, 0.15) is 5.00 Å². The Morgan fingerprint density at radius 1 is 1.33 bits per heavy atom. The van der Waals surface area contributed by atoms with Crippen molar-refractivity contribution in [3.05, 3.63) is 33.5 Å². The highest BCUT2D eigenvalue weighted by molar-refractivity contribution is 7.99. The summed E-state index contributed by atoms with van der Waals surface area (Å²) in [7, 11) is 0. The van der Waals surface area contributed by atoms with E-state index in [1.165, 1.54) is 23.1 Å². The molecule has 140 valence electrons. The Bertz CT molecular complexity index is 1070. The monoisotopic (exact) mass is 402 g/mol. The number of thioether (sulfide) groups is 1. The van der Waals surface area contributed by atoms with Gasteiger partial charge in [0, 0.05) is 16.3 Å². The summed E-state index contributed by atoms with van der Waals surface area (Å²) in [6, 6.07) is 1.92. The van der Waals surface area contributed by atoms with Crippen molar-refractivity contribution in [2.75, 3.05) is 11.1 Å². The molecule has 3 aromatic rings. The number of hydrogen-bond acceptors (Lipinski definition) is 7. The summed E-state index contributed by atoms with van der Waals surface area (Å²) in [5.74, 6) is -0.0603. The summed E-state index contributed by atoms with van der Waals surface area (Å²) in [5.41, 5.74) is 8.78. The number of nitrogens with zero attached hydrogens (tertiary/aromatic N) is 4. The minimum atomic E-state index is -0.490. The molecule has 0 fully saturated rings. The first kappa shape index (κ1) is 17.9. The molecule has 0 bridgehead atoms. The quantitative estimate of drug-likeness (QED) is 0.632. The summed E-state index contributed by atoms with van der Waals surface area (Å²) in [6.07, 6.45) is 2.80. The molecule has 0 aliphatic heterocycles. The lowest BCUT2D eigenvalue weighted by atomic mass is 10.1. The van der Waals surface area contributed by atoms with Gasteiger partial charge in [-0.1, -0.05) is 11.8 Å². The average Bonchev–Trinajstić information content (AvgIpc) is 3.26. The van der Waals surface area contributed by atoms with Crippen molar-refractivity contribution < 1.29 is 9.59 Å². The number of carbonyl (C=O) groups is 2. The minimum absolute atomic E-state index is 0.135. The fourth-order valence-electron chi connectivity index (χ4n) is 3.25. The maximum absolute atomic E-state index is 12.4. The second kappa shape index (κ2) is 6.93. The number of amides is 2. The van der Waals surface area contributed by atoms with Crippen LogP contribution >= 0.6 is 23.1 Å². The predicted octanol–water partition coefficient (Wildman–Crippen LogP) is 2.12. The first-order valence-corrected chi connectivity index (χ1v) is 10.3. The van der Waals surface area contributed by atoms with E-state index in [4.69, 9.17) is 5.73 Å². The Labute approximate surface area is 163 Å². The summed E-state index contributed by atoms with van der Waals surface area (Å²) in [5, 5.41) is 8.23. The molecule has 4 rings (SSSR count). The van der Waals surface area contributed by atoms with Crippen LogP contribution in [0.5, 0.6) is 0 Å². The van der Waals surface area contributed by atoms with Gasteiger partial charge >= 0.3 is 0 Å². The zero-order valence-corrected chi connectivity index (χ0v) is 16.5. The van der Waals surface area contributed by atoms with Crippen LogP contribution in [0.15, 0.2) is 11.2 Å². The van der Waals surface area contributed by atoms with Gasteiger partial charge < -0.3 is 11.1 Å². The van der Waals surface area contributed by atoms with Crippen LogP contribution in [0.4, 0.5) is 5.00 Å². The average molecular weight is 403 g/mol. The number of nitrogens with one attached hydrogen (secondary N) is 1. The van der Waals surface area contributed by atoms with Gasteiger partial charge in [0.2, 0.25) is 11.1 Å². The van der Waals surface area contributed by atoms with Gasteiger partial charge in [-0.15, -0.1) is 16.4 Å². The highest BCUT2D eigenvalue weighted by Crippen LogP contribution is 2.38.